The van der Waals surface area contributed by atoms with Crippen molar-refractivity contribution in [3.8, 4) is 0 Å². The number of ether oxygens (including phenoxy) is 1. The number of hydrogen-bond acceptors (Lipinski definition) is 2. The molecule has 0 aromatic heterocycles. The van der Waals surface area contributed by atoms with Gasteiger partial charge in [-0.2, -0.15) is 0 Å². The van der Waals surface area contributed by atoms with E-state index in [0.29, 0.717) is 18.7 Å². The first kappa shape index (κ1) is 16.3. The Hall–Kier alpha value is -0.770. The normalized spacial score (nSPS) is 18.0. The Balaban J connectivity index is 2.67. The molecule has 0 spiro atoms. The molecule has 0 bridgehead atoms. The molecule has 1 aliphatic carbocycles. The summed E-state index contributed by atoms with van der Waals surface area (Å²) >= 11 is 0. The summed E-state index contributed by atoms with van der Waals surface area (Å²) in [6.07, 6.45) is 8.53. The van der Waals surface area contributed by atoms with Crippen molar-refractivity contribution < 1.29 is 4.74 Å². The van der Waals surface area contributed by atoms with Gasteiger partial charge in [-0.3, -0.25) is 0 Å². The van der Waals surface area contributed by atoms with Gasteiger partial charge in [0.25, 0.3) is 0 Å². The van der Waals surface area contributed by atoms with Gasteiger partial charge in [0.05, 0.1) is 12.6 Å². The summed E-state index contributed by atoms with van der Waals surface area (Å²) in [6.45, 7) is 5.96. The lowest BCUT2D eigenvalue weighted by molar-refractivity contribution is 0.157. The van der Waals surface area contributed by atoms with E-state index < -0.39 is 0 Å². The van der Waals surface area contributed by atoms with E-state index in [4.69, 9.17) is 15.5 Å². The van der Waals surface area contributed by atoms with Crippen molar-refractivity contribution in [3.05, 3.63) is 0 Å². The molecule has 1 rings (SSSR count). The second-order valence-electron chi connectivity index (χ2n) is 5.44. The van der Waals surface area contributed by atoms with Crippen molar-refractivity contribution in [2.45, 2.75) is 70.9 Å². The lowest BCUT2D eigenvalue weighted by Crippen LogP contribution is -2.46. The highest BCUT2D eigenvalue weighted by Crippen LogP contribution is 2.20. The maximum Gasteiger partial charge on any atom is 0.191 e. The van der Waals surface area contributed by atoms with Crippen LogP contribution in [0, 0.1) is 0 Å². The Kier molecular flexibility index (Phi) is 7.87. The second kappa shape index (κ2) is 9.18. The molecule has 4 heteroatoms. The molecule has 0 aromatic rings. The van der Waals surface area contributed by atoms with Gasteiger partial charge in [-0.1, -0.05) is 33.1 Å². The van der Waals surface area contributed by atoms with E-state index in [1.165, 1.54) is 32.1 Å². The molecule has 1 aliphatic rings. The molecule has 1 fully saturated rings. The van der Waals surface area contributed by atoms with Gasteiger partial charge in [0.2, 0.25) is 0 Å². The van der Waals surface area contributed by atoms with Gasteiger partial charge in [0.1, 0.15) is 0 Å². The first-order chi connectivity index (χ1) is 9.22. The molecule has 0 radical (unpaired) electrons. The fourth-order valence-electron chi connectivity index (χ4n) is 2.87. The van der Waals surface area contributed by atoms with Crippen LogP contribution in [0.5, 0.6) is 0 Å². The summed E-state index contributed by atoms with van der Waals surface area (Å²) in [7, 11) is 1.74. The number of rotatable bonds is 7. The zero-order valence-electron chi connectivity index (χ0n) is 12.9. The summed E-state index contributed by atoms with van der Waals surface area (Å²) in [6, 6.07) is 0.913. The van der Waals surface area contributed by atoms with Gasteiger partial charge in [-0.05, 0) is 25.7 Å². The average Bonchev–Trinajstić information content (AvgIpc) is 2.44. The molecule has 0 saturated heterocycles. The maximum atomic E-state index is 6.26. The highest BCUT2D eigenvalue weighted by atomic mass is 16.5. The lowest BCUT2D eigenvalue weighted by Gasteiger charge is -2.32. The smallest absolute Gasteiger partial charge is 0.191 e. The molecule has 19 heavy (non-hydrogen) atoms. The van der Waals surface area contributed by atoms with Crippen LogP contribution >= 0.6 is 0 Å². The Morgan fingerprint density at radius 3 is 2.42 bits per heavy atom. The molecular formula is C15H31N3O. The van der Waals surface area contributed by atoms with Crippen LogP contribution in [0.2, 0.25) is 0 Å². The van der Waals surface area contributed by atoms with Gasteiger partial charge >= 0.3 is 0 Å². The van der Waals surface area contributed by atoms with Gasteiger partial charge in [-0.15, -0.1) is 0 Å². The molecular weight excluding hydrogens is 238 g/mol. The first-order valence-electron chi connectivity index (χ1n) is 7.81. The largest absolute Gasteiger partial charge is 0.383 e. The van der Waals surface area contributed by atoms with Gasteiger partial charge in [0.15, 0.2) is 5.96 Å². The zero-order valence-corrected chi connectivity index (χ0v) is 12.9. The predicted octanol–water partition coefficient (Wildman–Crippen LogP) is 2.77. The number of nitrogens with zero attached hydrogens (tertiary/aromatic N) is 2. The topological polar surface area (TPSA) is 50.9 Å². The van der Waals surface area contributed by atoms with Crippen LogP contribution in [0.15, 0.2) is 4.99 Å². The van der Waals surface area contributed by atoms with Crippen molar-refractivity contribution in [1.29, 1.82) is 0 Å². The molecule has 1 saturated carbocycles. The number of guanidine groups is 1. The van der Waals surface area contributed by atoms with Crippen LogP contribution in [-0.2, 0) is 4.74 Å². The molecule has 2 N–H and O–H groups in total. The standard InChI is InChI=1S/C15H31N3O/c1-4-14(5-2)18(11-12-19-3)15(16)17-13-9-7-6-8-10-13/h13-14H,4-12H2,1-3H3,(H2,16,17). The minimum Gasteiger partial charge on any atom is -0.383 e. The summed E-state index contributed by atoms with van der Waals surface area (Å²) in [5.41, 5.74) is 6.26. The Bertz CT molecular complexity index is 258. The predicted molar refractivity (Wildman–Crippen MR) is 81.4 cm³/mol. The van der Waals surface area contributed by atoms with E-state index in [9.17, 15) is 0 Å². The van der Waals surface area contributed by atoms with E-state index in [1.54, 1.807) is 7.11 Å². The van der Waals surface area contributed by atoms with E-state index in [1.807, 2.05) is 0 Å². The van der Waals surface area contributed by atoms with Crippen LogP contribution in [-0.4, -0.2) is 43.2 Å². The third-order valence-electron chi connectivity index (χ3n) is 4.10. The lowest BCUT2D eigenvalue weighted by atomic mass is 9.96. The highest BCUT2D eigenvalue weighted by Gasteiger charge is 2.19. The fourth-order valence-corrected chi connectivity index (χ4v) is 2.87. The van der Waals surface area contributed by atoms with Crippen molar-refractivity contribution in [1.82, 2.24) is 4.90 Å². The minimum atomic E-state index is 0.438. The first-order valence-corrected chi connectivity index (χ1v) is 7.81. The van der Waals surface area contributed by atoms with Gasteiger partial charge in [-0.25, -0.2) is 4.99 Å². The molecule has 0 atom stereocenters. The second-order valence-corrected chi connectivity index (χ2v) is 5.44. The van der Waals surface area contributed by atoms with Crippen LogP contribution in [0.25, 0.3) is 0 Å². The van der Waals surface area contributed by atoms with Gasteiger partial charge < -0.3 is 15.4 Å². The molecule has 0 amide bonds. The Labute approximate surface area is 118 Å². The van der Waals surface area contributed by atoms with Crippen LogP contribution in [0.3, 0.4) is 0 Å². The monoisotopic (exact) mass is 269 g/mol. The fraction of sp³-hybridized carbons (Fsp3) is 0.933. The average molecular weight is 269 g/mol. The number of aliphatic imine (C=N–C) groups is 1. The Morgan fingerprint density at radius 2 is 1.89 bits per heavy atom. The van der Waals surface area contributed by atoms with Crippen LogP contribution < -0.4 is 5.73 Å². The van der Waals surface area contributed by atoms with E-state index in [2.05, 4.69) is 18.7 Å². The van der Waals surface area contributed by atoms with Crippen LogP contribution in [0.1, 0.15) is 58.8 Å². The maximum absolute atomic E-state index is 6.26. The minimum absolute atomic E-state index is 0.438. The van der Waals surface area contributed by atoms with Crippen LogP contribution in [0.4, 0.5) is 0 Å². The third-order valence-corrected chi connectivity index (χ3v) is 4.10. The SMILES string of the molecule is CCC(CC)N(CCOC)C(N)=NC1CCCCC1. The van der Waals surface area contributed by atoms with Crippen molar-refractivity contribution >= 4 is 5.96 Å². The van der Waals surface area contributed by atoms with Crippen molar-refractivity contribution in [3.63, 3.8) is 0 Å². The summed E-state index contributed by atoms with van der Waals surface area (Å²) in [5, 5.41) is 0. The molecule has 0 unspecified atom stereocenters. The van der Waals surface area contributed by atoms with Crippen molar-refractivity contribution in [2.75, 3.05) is 20.3 Å². The van der Waals surface area contributed by atoms with E-state index >= 15 is 0 Å². The molecule has 0 aromatic carbocycles. The summed E-state index contributed by atoms with van der Waals surface area (Å²) in [5.74, 6) is 0.720. The number of hydrogen-bond donors (Lipinski definition) is 1. The van der Waals surface area contributed by atoms with E-state index in [0.717, 1.165) is 25.3 Å². The highest BCUT2D eigenvalue weighted by molar-refractivity contribution is 5.78. The summed E-state index contributed by atoms with van der Waals surface area (Å²) in [4.78, 5) is 7.01. The van der Waals surface area contributed by atoms with Gasteiger partial charge in [0, 0.05) is 19.7 Å². The summed E-state index contributed by atoms with van der Waals surface area (Å²) < 4.78 is 5.20. The molecule has 0 aliphatic heterocycles. The number of nitrogens with two attached hydrogens (primary N) is 1. The molecule has 0 heterocycles. The van der Waals surface area contributed by atoms with E-state index in [-0.39, 0.29) is 0 Å². The molecule has 4 nitrogen and oxygen atoms in total. The Morgan fingerprint density at radius 1 is 1.26 bits per heavy atom. The molecule has 112 valence electrons. The van der Waals surface area contributed by atoms with Crippen molar-refractivity contribution in [2.24, 2.45) is 10.7 Å². The quantitative estimate of drug-likeness (QED) is 0.571. The number of methoxy groups -OCH3 is 1. The zero-order chi connectivity index (χ0) is 14.1. The third kappa shape index (κ3) is 5.39.